The number of carboxylic acids is 1. The Balaban J connectivity index is 1.88. The van der Waals surface area contributed by atoms with Gasteiger partial charge in [-0.25, -0.2) is 4.98 Å². The Labute approximate surface area is 172 Å². The van der Waals surface area contributed by atoms with Crippen LogP contribution in [0.2, 0.25) is 10.0 Å². The van der Waals surface area contributed by atoms with Gasteiger partial charge in [0.05, 0.1) is 23.2 Å². The summed E-state index contributed by atoms with van der Waals surface area (Å²) in [5.74, 6) is -0.570. The van der Waals surface area contributed by atoms with Gasteiger partial charge in [0.1, 0.15) is 0 Å². The van der Waals surface area contributed by atoms with Gasteiger partial charge >= 0.3 is 5.97 Å². The monoisotopic (exact) mass is 422 g/mol. The van der Waals surface area contributed by atoms with Gasteiger partial charge in [-0.15, -0.1) is 0 Å². The van der Waals surface area contributed by atoms with E-state index in [4.69, 9.17) is 34.0 Å². The van der Waals surface area contributed by atoms with Crippen molar-refractivity contribution in [2.45, 2.75) is 18.9 Å². The fourth-order valence-corrected chi connectivity index (χ4v) is 3.59. The molecule has 1 aromatic carbocycles. The zero-order valence-corrected chi connectivity index (χ0v) is 16.5. The third-order valence-corrected chi connectivity index (χ3v) is 5.13. The van der Waals surface area contributed by atoms with Crippen LogP contribution in [0.3, 0.4) is 0 Å². The van der Waals surface area contributed by atoms with E-state index in [9.17, 15) is 9.59 Å². The molecule has 0 spiro atoms. The lowest BCUT2D eigenvalue weighted by atomic mass is 10.0. The molecule has 0 radical (unpaired) electrons. The summed E-state index contributed by atoms with van der Waals surface area (Å²) in [6.45, 7) is 1.35. The van der Waals surface area contributed by atoms with Crippen LogP contribution >= 0.6 is 23.2 Å². The maximum atomic E-state index is 12.5. The summed E-state index contributed by atoms with van der Waals surface area (Å²) < 4.78 is 0. The average molecular weight is 423 g/mol. The zero-order valence-electron chi connectivity index (χ0n) is 15.0. The molecule has 0 bridgehead atoms. The second kappa shape index (κ2) is 8.67. The number of aliphatic carboxylic acids is 1. The molecule has 148 valence electrons. The summed E-state index contributed by atoms with van der Waals surface area (Å²) >= 11 is 12.0. The Bertz CT molecular complexity index is 876. The Hall–Kier alpha value is -2.51. The number of hydrogen-bond donors (Lipinski definition) is 2. The first-order chi connectivity index (χ1) is 13.3. The van der Waals surface area contributed by atoms with Crippen molar-refractivity contribution in [3.8, 4) is 0 Å². The van der Waals surface area contributed by atoms with Crippen molar-refractivity contribution in [2.24, 2.45) is 0 Å². The van der Waals surface area contributed by atoms with Crippen LogP contribution in [0.4, 0.5) is 11.5 Å². The van der Waals surface area contributed by atoms with E-state index in [1.165, 1.54) is 6.20 Å². The summed E-state index contributed by atoms with van der Waals surface area (Å²) in [6.07, 6.45) is 1.33. The number of carbonyl (C=O) groups excluding carboxylic acids is 1. The number of halogens is 2. The summed E-state index contributed by atoms with van der Waals surface area (Å²) in [7, 11) is 0. The molecule has 2 heterocycles. The molecule has 1 amide bonds. The minimum atomic E-state index is -0.987. The first-order valence-electron chi connectivity index (χ1n) is 8.78. The fraction of sp³-hybridized carbons (Fsp3) is 0.316. The molecule has 7 nitrogen and oxygen atoms in total. The van der Waals surface area contributed by atoms with Crippen molar-refractivity contribution in [1.82, 2.24) is 9.88 Å². The van der Waals surface area contributed by atoms with Gasteiger partial charge in [-0.2, -0.15) is 0 Å². The molecule has 1 aliphatic heterocycles. The molecule has 3 N–H and O–H groups in total. The second-order valence-corrected chi connectivity index (χ2v) is 7.43. The lowest BCUT2D eigenvalue weighted by Crippen LogP contribution is -2.51. The quantitative estimate of drug-likeness (QED) is 0.766. The molecule has 2 aromatic rings. The number of rotatable bonds is 5. The highest BCUT2D eigenvalue weighted by atomic mass is 35.5. The van der Waals surface area contributed by atoms with Gasteiger partial charge in [0.15, 0.2) is 5.82 Å². The second-order valence-electron chi connectivity index (χ2n) is 6.56. The third kappa shape index (κ3) is 4.66. The molecule has 1 atom stereocenters. The number of benzene rings is 1. The Morgan fingerprint density at radius 3 is 2.50 bits per heavy atom. The Kier molecular flexibility index (Phi) is 6.26. The van der Waals surface area contributed by atoms with Crippen molar-refractivity contribution < 1.29 is 14.7 Å². The van der Waals surface area contributed by atoms with Crippen molar-refractivity contribution in [3.05, 3.63) is 52.1 Å². The first-order valence-corrected chi connectivity index (χ1v) is 9.53. The Morgan fingerprint density at radius 2 is 1.86 bits per heavy atom. The summed E-state index contributed by atoms with van der Waals surface area (Å²) in [5.41, 5.74) is 7.55. The van der Waals surface area contributed by atoms with Gasteiger partial charge in [-0.05, 0) is 23.8 Å². The third-order valence-electron chi connectivity index (χ3n) is 4.67. The SMILES string of the molecule is Nc1cc(Cl)cnc1N1CCN(C(=O)CCC(=O)O)C[C@@H]1c1ccc(Cl)cc1. The van der Waals surface area contributed by atoms with Crippen LogP contribution in [-0.2, 0) is 9.59 Å². The summed E-state index contributed by atoms with van der Waals surface area (Å²) in [6, 6.07) is 8.83. The topological polar surface area (TPSA) is 99.8 Å². The average Bonchev–Trinajstić information content (AvgIpc) is 2.66. The number of hydrogen-bond acceptors (Lipinski definition) is 5. The largest absolute Gasteiger partial charge is 0.481 e. The van der Waals surface area contributed by atoms with Crippen molar-refractivity contribution in [1.29, 1.82) is 0 Å². The molecule has 28 heavy (non-hydrogen) atoms. The lowest BCUT2D eigenvalue weighted by Gasteiger charge is -2.42. The number of carboxylic acid groups (broad SMARTS) is 1. The molecule has 0 aliphatic carbocycles. The molecule has 1 saturated heterocycles. The number of piperazine rings is 1. The number of nitrogen functional groups attached to an aromatic ring is 1. The number of nitrogens with zero attached hydrogens (tertiary/aromatic N) is 3. The van der Waals surface area contributed by atoms with Crippen LogP contribution in [0.5, 0.6) is 0 Å². The van der Waals surface area contributed by atoms with E-state index in [2.05, 4.69) is 4.98 Å². The van der Waals surface area contributed by atoms with Crippen molar-refractivity contribution >= 4 is 46.6 Å². The molecule has 1 fully saturated rings. The number of nitrogens with two attached hydrogens (primary N) is 1. The van der Waals surface area contributed by atoms with Crippen molar-refractivity contribution in [3.63, 3.8) is 0 Å². The molecule has 0 saturated carbocycles. The standard InChI is InChI=1S/C19H20Cl2N4O3/c20-13-3-1-12(2-4-13)16-11-24(17(26)5-6-18(27)28)7-8-25(16)19-15(22)9-14(21)10-23-19/h1-4,9-10,16H,5-8,11,22H2,(H,27,28)/t16-/m1/s1. The molecular formula is C19H20Cl2N4O3. The van der Waals surface area contributed by atoms with E-state index in [0.717, 1.165) is 5.56 Å². The molecule has 1 aromatic heterocycles. The molecular weight excluding hydrogens is 403 g/mol. The van der Waals surface area contributed by atoms with E-state index in [-0.39, 0.29) is 24.8 Å². The van der Waals surface area contributed by atoms with Crippen LogP contribution < -0.4 is 10.6 Å². The minimum Gasteiger partial charge on any atom is -0.481 e. The number of pyridine rings is 1. The van der Waals surface area contributed by atoms with Gasteiger partial charge in [-0.3, -0.25) is 9.59 Å². The highest BCUT2D eigenvalue weighted by molar-refractivity contribution is 6.31. The normalized spacial score (nSPS) is 16.9. The maximum absolute atomic E-state index is 12.5. The molecule has 0 unspecified atom stereocenters. The zero-order chi connectivity index (χ0) is 20.3. The van der Waals surface area contributed by atoms with E-state index < -0.39 is 5.97 Å². The first kappa shape index (κ1) is 20.2. The van der Waals surface area contributed by atoms with Gasteiger partial charge in [0, 0.05) is 37.3 Å². The smallest absolute Gasteiger partial charge is 0.303 e. The molecule has 1 aliphatic rings. The summed E-state index contributed by atoms with van der Waals surface area (Å²) in [5, 5.41) is 9.90. The van der Waals surface area contributed by atoms with Gasteiger partial charge in [0.2, 0.25) is 5.91 Å². The van der Waals surface area contributed by atoms with Crippen LogP contribution in [0.25, 0.3) is 0 Å². The number of aromatic nitrogens is 1. The predicted molar refractivity (Wildman–Crippen MR) is 109 cm³/mol. The van der Waals surface area contributed by atoms with Crippen molar-refractivity contribution in [2.75, 3.05) is 30.3 Å². The maximum Gasteiger partial charge on any atom is 0.303 e. The highest BCUT2D eigenvalue weighted by Gasteiger charge is 2.32. The van der Waals surface area contributed by atoms with Gasteiger partial charge < -0.3 is 20.6 Å². The van der Waals surface area contributed by atoms with E-state index in [1.54, 1.807) is 23.1 Å². The Morgan fingerprint density at radius 1 is 1.14 bits per heavy atom. The number of anilines is 2. The molecule has 9 heteroatoms. The van der Waals surface area contributed by atoms with Gasteiger partial charge in [-0.1, -0.05) is 35.3 Å². The van der Waals surface area contributed by atoms with E-state index in [0.29, 0.717) is 41.2 Å². The minimum absolute atomic E-state index is 0.0238. The molecule has 3 rings (SSSR count). The number of amides is 1. The van der Waals surface area contributed by atoms with Crippen LogP contribution in [0.1, 0.15) is 24.4 Å². The fourth-order valence-electron chi connectivity index (χ4n) is 3.29. The van der Waals surface area contributed by atoms with E-state index >= 15 is 0 Å². The van der Waals surface area contributed by atoms with Crippen LogP contribution in [0, 0.1) is 0 Å². The lowest BCUT2D eigenvalue weighted by molar-refractivity contribution is -0.141. The van der Waals surface area contributed by atoms with Crippen LogP contribution in [-0.4, -0.2) is 46.5 Å². The van der Waals surface area contributed by atoms with Crippen LogP contribution in [0.15, 0.2) is 36.5 Å². The predicted octanol–water partition coefficient (Wildman–Crippen LogP) is 3.23. The summed E-state index contributed by atoms with van der Waals surface area (Å²) in [4.78, 5) is 31.3. The number of carbonyl (C=O) groups is 2. The van der Waals surface area contributed by atoms with E-state index in [1.807, 2.05) is 17.0 Å². The highest BCUT2D eigenvalue weighted by Crippen LogP contribution is 2.34. The van der Waals surface area contributed by atoms with Gasteiger partial charge in [0.25, 0.3) is 0 Å².